The zero-order valence-corrected chi connectivity index (χ0v) is 26.2. The highest BCUT2D eigenvalue weighted by molar-refractivity contribution is 7.26. The van der Waals surface area contributed by atoms with Crippen LogP contribution >= 0.6 is 11.3 Å². The van der Waals surface area contributed by atoms with Gasteiger partial charge in [0.2, 0.25) is 0 Å². The fraction of sp³-hybridized carbons (Fsp3) is 0. The molecule has 47 heavy (non-hydrogen) atoms. The fourth-order valence-corrected chi connectivity index (χ4v) is 8.45. The average Bonchev–Trinajstić information content (AvgIpc) is 3.70. The molecular formula is C44H27NOS. The lowest BCUT2D eigenvalue weighted by Gasteiger charge is -2.28. The van der Waals surface area contributed by atoms with E-state index < -0.39 is 0 Å². The average molecular weight is 618 g/mol. The molecule has 0 aliphatic carbocycles. The summed E-state index contributed by atoms with van der Waals surface area (Å²) in [7, 11) is 0. The van der Waals surface area contributed by atoms with Crippen LogP contribution in [0.1, 0.15) is 0 Å². The van der Waals surface area contributed by atoms with Crippen molar-refractivity contribution < 1.29 is 4.42 Å². The number of thiophene rings is 1. The summed E-state index contributed by atoms with van der Waals surface area (Å²) in [5.74, 6) is 0. The SMILES string of the molecule is c1ccc2c(-c3ccc(N(c4c5ccccc5cc5c4oc4ccccc45)c4cccc5sc6ccccc6c45)cc3)cccc2c1. The lowest BCUT2D eigenvalue weighted by atomic mass is 9.97. The van der Waals surface area contributed by atoms with E-state index in [0.717, 1.165) is 44.4 Å². The van der Waals surface area contributed by atoms with E-state index in [1.54, 1.807) is 0 Å². The summed E-state index contributed by atoms with van der Waals surface area (Å²) in [6, 6.07) is 59.0. The van der Waals surface area contributed by atoms with Crippen molar-refractivity contribution >= 4 is 92.1 Å². The van der Waals surface area contributed by atoms with E-state index in [1.807, 2.05) is 17.4 Å². The van der Waals surface area contributed by atoms with Gasteiger partial charge in [-0.2, -0.15) is 0 Å². The Hall–Kier alpha value is -5.90. The van der Waals surface area contributed by atoms with E-state index in [4.69, 9.17) is 4.42 Å². The number of nitrogens with zero attached hydrogens (tertiary/aromatic N) is 1. The topological polar surface area (TPSA) is 16.4 Å². The van der Waals surface area contributed by atoms with Gasteiger partial charge in [-0.3, -0.25) is 0 Å². The third-order valence-corrected chi connectivity index (χ3v) is 10.6. The summed E-state index contributed by atoms with van der Waals surface area (Å²) in [5.41, 5.74) is 7.47. The molecule has 0 saturated heterocycles. The van der Waals surface area contributed by atoms with Gasteiger partial charge in [-0.1, -0.05) is 121 Å². The van der Waals surface area contributed by atoms with Gasteiger partial charge in [-0.05, 0) is 69.8 Å². The van der Waals surface area contributed by atoms with Crippen molar-refractivity contribution in [1.82, 2.24) is 0 Å². The Morgan fingerprint density at radius 1 is 0.468 bits per heavy atom. The molecule has 0 saturated carbocycles. The van der Waals surface area contributed by atoms with Crippen LogP contribution in [-0.2, 0) is 0 Å². The van der Waals surface area contributed by atoms with Crippen LogP contribution in [0.2, 0.25) is 0 Å². The molecule has 0 aliphatic heterocycles. The third kappa shape index (κ3) is 4.04. The largest absolute Gasteiger partial charge is 0.454 e. The summed E-state index contributed by atoms with van der Waals surface area (Å²) in [6.07, 6.45) is 0. The Balaban J connectivity index is 1.30. The summed E-state index contributed by atoms with van der Waals surface area (Å²) < 4.78 is 9.35. The standard InChI is InChI=1S/C44H27NOS/c1-3-14-32-28(11-1)13-9-18-33(32)29-23-25-31(26-24-29)45(38-19-10-22-41-42(38)36-17-6-8-21-40(36)47-41)43-34-15-4-2-12-30(34)27-37-35-16-5-7-20-39(35)46-44(37)43/h1-27H. The van der Waals surface area contributed by atoms with E-state index in [1.165, 1.54) is 47.5 Å². The Morgan fingerprint density at radius 3 is 2.00 bits per heavy atom. The Morgan fingerprint density at radius 2 is 1.13 bits per heavy atom. The number of furan rings is 1. The first-order chi connectivity index (χ1) is 23.3. The van der Waals surface area contributed by atoms with Gasteiger partial charge in [0.1, 0.15) is 5.58 Å². The molecule has 220 valence electrons. The van der Waals surface area contributed by atoms with Crippen LogP contribution in [0.5, 0.6) is 0 Å². The van der Waals surface area contributed by atoms with E-state index in [0.29, 0.717) is 0 Å². The van der Waals surface area contributed by atoms with Crippen LogP contribution in [0.15, 0.2) is 168 Å². The highest BCUT2D eigenvalue weighted by Crippen LogP contribution is 2.50. The van der Waals surface area contributed by atoms with Gasteiger partial charge in [-0.15, -0.1) is 11.3 Å². The first-order valence-corrected chi connectivity index (χ1v) is 16.7. The molecule has 0 atom stereocenters. The molecule has 0 aliphatic rings. The fourth-order valence-electron chi connectivity index (χ4n) is 7.32. The molecule has 0 fully saturated rings. The van der Waals surface area contributed by atoms with Crippen molar-refractivity contribution in [3.8, 4) is 11.1 Å². The quantitative estimate of drug-likeness (QED) is 0.195. The van der Waals surface area contributed by atoms with Crippen LogP contribution in [0, 0.1) is 0 Å². The minimum Gasteiger partial charge on any atom is -0.454 e. The maximum atomic E-state index is 6.80. The molecule has 8 aromatic carbocycles. The normalized spacial score (nSPS) is 11.8. The van der Waals surface area contributed by atoms with Crippen LogP contribution < -0.4 is 4.90 Å². The van der Waals surface area contributed by atoms with E-state index >= 15 is 0 Å². The van der Waals surface area contributed by atoms with Gasteiger partial charge >= 0.3 is 0 Å². The smallest absolute Gasteiger partial charge is 0.160 e. The molecule has 2 heterocycles. The molecule has 0 spiro atoms. The van der Waals surface area contributed by atoms with Crippen molar-refractivity contribution in [3.63, 3.8) is 0 Å². The minimum absolute atomic E-state index is 0.888. The molecule has 0 amide bonds. The van der Waals surface area contributed by atoms with Gasteiger partial charge in [0.15, 0.2) is 5.58 Å². The molecule has 0 radical (unpaired) electrons. The second-order valence-corrected chi connectivity index (χ2v) is 13.2. The van der Waals surface area contributed by atoms with Gasteiger partial charge < -0.3 is 9.32 Å². The summed E-state index contributed by atoms with van der Waals surface area (Å²) in [5, 5.41) is 9.59. The Labute approximate surface area is 275 Å². The van der Waals surface area contributed by atoms with Crippen LogP contribution in [0.4, 0.5) is 17.1 Å². The molecule has 2 aromatic heterocycles. The summed E-state index contributed by atoms with van der Waals surface area (Å²) in [6.45, 7) is 0. The van der Waals surface area contributed by atoms with Gasteiger partial charge in [-0.25, -0.2) is 0 Å². The molecule has 0 N–H and O–H groups in total. The van der Waals surface area contributed by atoms with Gasteiger partial charge in [0.25, 0.3) is 0 Å². The van der Waals surface area contributed by atoms with E-state index in [2.05, 4.69) is 163 Å². The monoisotopic (exact) mass is 617 g/mol. The lowest BCUT2D eigenvalue weighted by Crippen LogP contribution is -2.11. The zero-order chi connectivity index (χ0) is 30.9. The van der Waals surface area contributed by atoms with Crippen molar-refractivity contribution in [1.29, 1.82) is 0 Å². The first-order valence-electron chi connectivity index (χ1n) is 15.9. The predicted molar refractivity (Wildman–Crippen MR) is 202 cm³/mol. The van der Waals surface area contributed by atoms with Gasteiger partial charge in [0.05, 0.1) is 11.4 Å². The second-order valence-electron chi connectivity index (χ2n) is 12.1. The highest BCUT2D eigenvalue weighted by atomic mass is 32.1. The molecule has 0 unspecified atom stereocenters. The summed E-state index contributed by atoms with van der Waals surface area (Å²) in [4.78, 5) is 2.43. The molecule has 10 aromatic rings. The first kappa shape index (κ1) is 26.3. The Kier molecular flexibility index (Phi) is 5.78. The molecule has 2 nitrogen and oxygen atoms in total. The number of hydrogen-bond donors (Lipinski definition) is 0. The highest BCUT2D eigenvalue weighted by Gasteiger charge is 2.25. The number of benzene rings is 8. The molecule has 10 rings (SSSR count). The van der Waals surface area contributed by atoms with Crippen molar-refractivity contribution in [2.75, 3.05) is 4.90 Å². The van der Waals surface area contributed by atoms with Gasteiger partial charge in [0, 0.05) is 42.0 Å². The summed E-state index contributed by atoms with van der Waals surface area (Å²) >= 11 is 1.85. The van der Waals surface area contributed by atoms with Crippen LogP contribution in [0.25, 0.3) is 74.8 Å². The maximum Gasteiger partial charge on any atom is 0.160 e. The minimum atomic E-state index is 0.888. The Bertz CT molecular complexity index is 2800. The third-order valence-electron chi connectivity index (χ3n) is 9.44. The molecule has 0 bridgehead atoms. The van der Waals surface area contributed by atoms with E-state index in [-0.39, 0.29) is 0 Å². The molecular weight excluding hydrogens is 591 g/mol. The second kappa shape index (κ2) is 10.3. The van der Waals surface area contributed by atoms with Crippen molar-refractivity contribution in [3.05, 3.63) is 164 Å². The van der Waals surface area contributed by atoms with Crippen molar-refractivity contribution in [2.24, 2.45) is 0 Å². The van der Waals surface area contributed by atoms with Crippen molar-refractivity contribution in [2.45, 2.75) is 0 Å². The maximum absolute atomic E-state index is 6.80. The lowest BCUT2D eigenvalue weighted by molar-refractivity contribution is 0.669. The molecule has 3 heteroatoms. The number of anilines is 3. The number of fused-ring (bicyclic) bond motifs is 8. The van der Waals surface area contributed by atoms with Crippen LogP contribution in [-0.4, -0.2) is 0 Å². The zero-order valence-electron chi connectivity index (χ0n) is 25.4. The number of rotatable bonds is 4. The predicted octanol–water partition coefficient (Wildman–Crippen LogP) is 13.4. The number of para-hydroxylation sites is 1. The van der Waals surface area contributed by atoms with E-state index in [9.17, 15) is 0 Å². The van der Waals surface area contributed by atoms with Crippen LogP contribution in [0.3, 0.4) is 0 Å². The number of hydrogen-bond acceptors (Lipinski definition) is 3.